The number of anilines is 2. The molecule has 1 aromatic rings. The molecule has 0 aliphatic carbocycles. The molecule has 3 aliphatic rings. The molecule has 0 unspecified atom stereocenters. The maximum atomic E-state index is 12.5. The lowest BCUT2D eigenvalue weighted by atomic mass is 10.1. The maximum absolute atomic E-state index is 12.5. The van der Waals surface area contributed by atoms with E-state index in [1.165, 1.54) is 0 Å². The lowest BCUT2D eigenvalue weighted by Gasteiger charge is -2.39. The standard InChI is InChI=1S/C17H22N4O3/c22-16-12-13-11-14(1-2-15(13)18-16)19-3-5-20(6-4-19)17(23)21-7-9-24-10-8-21/h1-2,11H,3-10,12H2,(H,18,22). The molecule has 7 nitrogen and oxygen atoms in total. The second kappa shape index (κ2) is 6.32. The van der Waals surface area contributed by atoms with Crippen molar-refractivity contribution in [2.45, 2.75) is 6.42 Å². The van der Waals surface area contributed by atoms with Crippen LogP contribution >= 0.6 is 0 Å². The number of hydrogen-bond donors (Lipinski definition) is 1. The number of piperazine rings is 1. The Morgan fingerprint density at radius 1 is 1.00 bits per heavy atom. The monoisotopic (exact) mass is 330 g/mol. The zero-order valence-electron chi connectivity index (χ0n) is 13.7. The smallest absolute Gasteiger partial charge is 0.320 e. The summed E-state index contributed by atoms with van der Waals surface area (Å²) in [4.78, 5) is 30.1. The average molecular weight is 330 g/mol. The van der Waals surface area contributed by atoms with Gasteiger partial charge >= 0.3 is 6.03 Å². The molecular formula is C17H22N4O3. The Balaban J connectivity index is 1.37. The number of rotatable bonds is 1. The molecule has 0 spiro atoms. The quantitative estimate of drug-likeness (QED) is 0.825. The van der Waals surface area contributed by atoms with Crippen LogP contribution in [0.15, 0.2) is 18.2 Å². The number of carbonyl (C=O) groups excluding carboxylic acids is 2. The molecule has 2 fully saturated rings. The van der Waals surface area contributed by atoms with E-state index in [1.807, 2.05) is 21.9 Å². The van der Waals surface area contributed by atoms with Crippen molar-refractivity contribution in [2.24, 2.45) is 0 Å². The van der Waals surface area contributed by atoms with Crippen LogP contribution in [-0.2, 0) is 16.0 Å². The minimum absolute atomic E-state index is 0.0584. The van der Waals surface area contributed by atoms with Crippen LogP contribution in [0.5, 0.6) is 0 Å². The Hall–Kier alpha value is -2.28. The number of nitrogens with zero attached hydrogens (tertiary/aromatic N) is 3. The molecule has 2 saturated heterocycles. The van der Waals surface area contributed by atoms with Gasteiger partial charge in [0.2, 0.25) is 5.91 Å². The minimum atomic E-state index is 0.0584. The Morgan fingerprint density at radius 3 is 2.46 bits per heavy atom. The van der Waals surface area contributed by atoms with Gasteiger partial charge in [0.25, 0.3) is 0 Å². The van der Waals surface area contributed by atoms with Crippen molar-refractivity contribution in [1.29, 1.82) is 0 Å². The highest BCUT2D eigenvalue weighted by molar-refractivity contribution is 5.99. The highest BCUT2D eigenvalue weighted by atomic mass is 16.5. The number of fused-ring (bicyclic) bond motifs is 1. The van der Waals surface area contributed by atoms with Crippen LogP contribution in [-0.4, -0.2) is 74.2 Å². The molecule has 3 heterocycles. The second-order valence-electron chi connectivity index (χ2n) is 6.42. The van der Waals surface area contributed by atoms with Gasteiger partial charge in [-0.3, -0.25) is 4.79 Å². The molecule has 0 saturated carbocycles. The molecule has 3 aliphatic heterocycles. The van der Waals surface area contributed by atoms with Gasteiger partial charge in [0, 0.05) is 50.6 Å². The van der Waals surface area contributed by atoms with Crippen LogP contribution in [0, 0.1) is 0 Å². The second-order valence-corrected chi connectivity index (χ2v) is 6.42. The summed E-state index contributed by atoms with van der Waals surface area (Å²) in [6.45, 7) is 5.72. The first kappa shape index (κ1) is 15.3. The van der Waals surface area contributed by atoms with Crippen molar-refractivity contribution < 1.29 is 14.3 Å². The summed E-state index contributed by atoms with van der Waals surface area (Å²) < 4.78 is 5.31. The molecule has 1 N–H and O–H groups in total. The largest absolute Gasteiger partial charge is 0.378 e. The van der Waals surface area contributed by atoms with Gasteiger partial charge in [0.1, 0.15) is 0 Å². The molecule has 4 rings (SSSR count). The number of carbonyl (C=O) groups is 2. The number of amides is 3. The lowest BCUT2D eigenvalue weighted by molar-refractivity contribution is -0.115. The molecule has 0 aromatic heterocycles. The topological polar surface area (TPSA) is 65.1 Å². The van der Waals surface area contributed by atoms with E-state index in [4.69, 9.17) is 4.74 Å². The van der Waals surface area contributed by atoms with Gasteiger partial charge in [-0.15, -0.1) is 0 Å². The van der Waals surface area contributed by atoms with Crippen molar-refractivity contribution in [3.05, 3.63) is 23.8 Å². The fourth-order valence-corrected chi connectivity index (χ4v) is 3.52. The number of ether oxygens (including phenoxy) is 1. The van der Waals surface area contributed by atoms with Crippen LogP contribution in [0.1, 0.15) is 5.56 Å². The molecule has 0 radical (unpaired) electrons. The maximum Gasteiger partial charge on any atom is 0.320 e. The van der Waals surface area contributed by atoms with Gasteiger partial charge in [-0.05, 0) is 23.8 Å². The van der Waals surface area contributed by atoms with Crippen molar-refractivity contribution in [1.82, 2.24) is 9.80 Å². The Bertz CT molecular complexity index is 649. The Labute approximate surface area is 141 Å². The van der Waals surface area contributed by atoms with E-state index in [0.29, 0.717) is 32.7 Å². The number of urea groups is 1. The van der Waals surface area contributed by atoms with Gasteiger partial charge in [0.15, 0.2) is 0 Å². The zero-order chi connectivity index (χ0) is 16.5. The van der Waals surface area contributed by atoms with Crippen LogP contribution in [0.2, 0.25) is 0 Å². The average Bonchev–Trinajstić information content (AvgIpc) is 3.01. The predicted molar refractivity (Wildman–Crippen MR) is 90.3 cm³/mol. The van der Waals surface area contributed by atoms with Crippen LogP contribution in [0.3, 0.4) is 0 Å². The van der Waals surface area contributed by atoms with Crippen LogP contribution < -0.4 is 10.2 Å². The predicted octanol–water partition coefficient (Wildman–Crippen LogP) is 0.755. The third-order valence-electron chi connectivity index (χ3n) is 4.91. The first-order valence-corrected chi connectivity index (χ1v) is 8.50. The molecule has 0 bridgehead atoms. The fraction of sp³-hybridized carbons (Fsp3) is 0.529. The molecule has 7 heteroatoms. The van der Waals surface area contributed by atoms with Crippen molar-refractivity contribution in [3.63, 3.8) is 0 Å². The van der Waals surface area contributed by atoms with Crippen LogP contribution in [0.4, 0.5) is 16.2 Å². The lowest BCUT2D eigenvalue weighted by Crippen LogP contribution is -2.54. The summed E-state index contributed by atoms with van der Waals surface area (Å²) in [5.74, 6) is 0.0584. The van der Waals surface area contributed by atoms with E-state index in [0.717, 1.165) is 43.1 Å². The van der Waals surface area contributed by atoms with E-state index in [-0.39, 0.29) is 11.9 Å². The van der Waals surface area contributed by atoms with E-state index in [9.17, 15) is 9.59 Å². The van der Waals surface area contributed by atoms with Crippen molar-refractivity contribution >= 4 is 23.3 Å². The normalized spacial score (nSPS) is 20.8. The summed E-state index contributed by atoms with van der Waals surface area (Å²) in [5, 5.41) is 2.86. The summed E-state index contributed by atoms with van der Waals surface area (Å²) in [6, 6.07) is 6.24. The Kier molecular flexibility index (Phi) is 4.02. The third kappa shape index (κ3) is 2.91. The van der Waals surface area contributed by atoms with Crippen molar-refractivity contribution in [2.75, 3.05) is 62.7 Å². The number of hydrogen-bond acceptors (Lipinski definition) is 4. The molecular weight excluding hydrogens is 308 g/mol. The highest BCUT2D eigenvalue weighted by Gasteiger charge is 2.27. The zero-order valence-corrected chi connectivity index (χ0v) is 13.7. The van der Waals surface area contributed by atoms with Gasteiger partial charge < -0.3 is 24.8 Å². The van der Waals surface area contributed by atoms with E-state index >= 15 is 0 Å². The molecule has 3 amide bonds. The molecule has 1 aromatic carbocycles. The molecule has 24 heavy (non-hydrogen) atoms. The summed E-state index contributed by atoms with van der Waals surface area (Å²) in [5.41, 5.74) is 3.11. The first-order valence-electron chi connectivity index (χ1n) is 8.50. The van der Waals surface area contributed by atoms with E-state index in [1.54, 1.807) is 0 Å². The number of morpholine rings is 1. The molecule has 128 valence electrons. The third-order valence-corrected chi connectivity index (χ3v) is 4.91. The van der Waals surface area contributed by atoms with Gasteiger partial charge in [-0.1, -0.05) is 0 Å². The number of nitrogens with one attached hydrogen (secondary N) is 1. The van der Waals surface area contributed by atoms with Crippen LogP contribution in [0.25, 0.3) is 0 Å². The van der Waals surface area contributed by atoms with E-state index in [2.05, 4.69) is 16.3 Å². The highest BCUT2D eigenvalue weighted by Crippen LogP contribution is 2.28. The van der Waals surface area contributed by atoms with Gasteiger partial charge in [-0.25, -0.2) is 4.79 Å². The Morgan fingerprint density at radius 2 is 1.71 bits per heavy atom. The van der Waals surface area contributed by atoms with E-state index < -0.39 is 0 Å². The summed E-state index contributed by atoms with van der Waals surface area (Å²) in [6.07, 6.45) is 0.457. The number of benzene rings is 1. The SMILES string of the molecule is O=C1Cc2cc(N3CCN(C(=O)N4CCOCC4)CC3)ccc2N1. The summed E-state index contributed by atoms with van der Waals surface area (Å²) >= 11 is 0. The van der Waals surface area contributed by atoms with Gasteiger partial charge in [0.05, 0.1) is 19.6 Å². The van der Waals surface area contributed by atoms with Crippen molar-refractivity contribution in [3.8, 4) is 0 Å². The molecule has 0 atom stereocenters. The van der Waals surface area contributed by atoms with Gasteiger partial charge in [-0.2, -0.15) is 0 Å². The minimum Gasteiger partial charge on any atom is -0.378 e. The summed E-state index contributed by atoms with van der Waals surface area (Å²) in [7, 11) is 0. The first-order chi connectivity index (χ1) is 11.7. The fourth-order valence-electron chi connectivity index (χ4n) is 3.52.